The van der Waals surface area contributed by atoms with E-state index in [4.69, 9.17) is 10.8 Å². The van der Waals surface area contributed by atoms with Gasteiger partial charge in [-0.2, -0.15) is 0 Å². The molecule has 0 fully saturated rings. The summed E-state index contributed by atoms with van der Waals surface area (Å²) in [7, 11) is 0. The van der Waals surface area contributed by atoms with E-state index in [-0.39, 0.29) is 6.42 Å². The Bertz CT molecular complexity index is 608. The van der Waals surface area contributed by atoms with Crippen LogP contribution in [0.25, 0.3) is 0 Å². The zero-order valence-corrected chi connectivity index (χ0v) is 12.1. The number of nitrogens with two attached hydrogens (primary N) is 1. The quantitative estimate of drug-likeness (QED) is 0.825. The summed E-state index contributed by atoms with van der Waals surface area (Å²) in [5.41, 5.74) is 8.40. The van der Waals surface area contributed by atoms with Gasteiger partial charge in [0.05, 0.1) is 6.42 Å². The van der Waals surface area contributed by atoms with Gasteiger partial charge in [0.1, 0.15) is 0 Å². The van der Waals surface area contributed by atoms with Crippen molar-refractivity contribution in [2.45, 2.75) is 29.6 Å². The summed E-state index contributed by atoms with van der Waals surface area (Å²) in [4.78, 5) is 13.1. The maximum Gasteiger partial charge on any atom is 0.307 e. The Hall–Kier alpha value is -1.94. The van der Waals surface area contributed by atoms with Crippen molar-refractivity contribution in [2.75, 3.05) is 5.73 Å². The van der Waals surface area contributed by atoms with E-state index < -0.39 is 5.97 Å². The summed E-state index contributed by atoms with van der Waals surface area (Å²) in [5.74, 6) is -0.793. The number of hydrogen-bond acceptors (Lipinski definition) is 3. The number of benzene rings is 2. The third kappa shape index (κ3) is 3.78. The molecule has 0 saturated heterocycles. The van der Waals surface area contributed by atoms with Crippen molar-refractivity contribution in [3.8, 4) is 0 Å². The van der Waals surface area contributed by atoms with Crippen LogP contribution < -0.4 is 5.73 Å². The number of carbonyl (C=O) groups is 1. The second-order valence-electron chi connectivity index (χ2n) is 4.53. The van der Waals surface area contributed by atoms with Crippen molar-refractivity contribution in [1.29, 1.82) is 0 Å². The van der Waals surface area contributed by atoms with Crippen LogP contribution in [0.15, 0.2) is 52.3 Å². The number of aliphatic carboxylic acids is 1. The van der Waals surface area contributed by atoms with E-state index in [0.29, 0.717) is 0 Å². The van der Waals surface area contributed by atoms with Gasteiger partial charge in [-0.15, -0.1) is 0 Å². The first-order valence-corrected chi connectivity index (χ1v) is 7.27. The molecule has 0 aliphatic heterocycles. The molecule has 3 nitrogen and oxygen atoms in total. The van der Waals surface area contributed by atoms with Crippen molar-refractivity contribution in [1.82, 2.24) is 0 Å². The predicted octanol–water partition coefficient (Wildman–Crippen LogP) is 3.61. The van der Waals surface area contributed by atoms with Gasteiger partial charge in [0.25, 0.3) is 0 Å². The number of anilines is 1. The van der Waals surface area contributed by atoms with Crippen LogP contribution in [0.4, 0.5) is 5.69 Å². The number of aryl methyl sites for hydroxylation is 1. The van der Waals surface area contributed by atoms with Crippen LogP contribution in [-0.4, -0.2) is 11.1 Å². The standard InChI is InChI=1S/C16H17NO2S/c1-2-11-9-15(6-3-12(11)10-16(18)19)20-14-7-4-13(17)5-8-14/h3-9H,2,10,17H2,1H3,(H,18,19). The van der Waals surface area contributed by atoms with Crippen LogP contribution >= 0.6 is 11.8 Å². The van der Waals surface area contributed by atoms with Gasteiger partial charge in [0.15, 0.2) is 0 Å². The Morgan fingerprint density at radius 3 is 2.35 bits per heavy atom. The van der Waals surface area contributed by atoms with Gasteiger partial charge in [-0.25, -0.2) is 0 Å². The fourth-order valence-corrected chi connectivity index (χ4v) is 2.88. The molecule has 2 aromatic carbocycles. The molecule has 0 aliphatic rings. The Morgan fingerprint density at radius 2 is 1.75 bits per heavy atom. The first-order chi connectivity index (χ1) is 9.58. The second kappa shape index (κ2) is 6.48. The third-order valence-corrected chi connectivity index (χ3v) is 4.01. The van der Waals surface area contributed by atoms with Crippen LogP contribution in [0.2, 0.25) is 0 Å². The van der Waals surface area contributed by atoms with Crippen molar-refractivity contribution < 1.29 is 9.90 Å². The number of hydrogen-bond donors (Lipinski definition) is 2. The molecule has 0 bridgehead atoms. The Balaban J connectivity index is 2.20. The van der Waals surface area contributed by atoms with E-state index in [0.717, 1.165) is 33.0 Å². The van der Waals surface area contributed by atoms with Gasteiger partial charge in [-0.05, 0) is 53.9 Å². The lowest BCUT2D eigenvalue weighted by atomic mass is 10.0. The number of carboxylic acids is 1. The van der Waals surface area contributed by atoms with Gasteiger partial charge >= 0.3 is 5.97 Å². The monoisotopic (exact) mass is 287 g/mol. The Morgan fingerprint density at radius 1 is 1.10 bits per heavy atom. The lowest BCUT2D eigenvalue weighted by Crippen LogP contribution is -2.03. The molecular formula is C16H17NO2S. The van der Waals surface area contributed by atoms with E-state index in [1.807, 2.05) is 43.3 Å². The summed E-state index contributed by atoms with van der Waals surface area (Å²) in [6, 6.07) is 13.7. The van der Waals surface area contributed by atoms with Gasteiger partial charge in [-0.1, -0.05) is 24.8 Å². The summed E-state index contributed by atoms with van der Waals surface area (Å²) in [6.45, 7) is 2.04. The normalized spacial score (nSPS) is 10.4. The minimum atomic E-state index is -0.793. The van der Waals surface area contributed by atoms with Gasteiger partial charge < -0.3 is 10.8 Å². The molecular weight excluding hydrogens is 270 g/mol. The van der Waals surface area contributed by atoms with Crippen LogP contribution in [0, 0.1) is 0 Å². The smallest absolute Gasteiger partial charge is 0.307 e. The molecule has 0 amide bonds. The van der Waals surface area contributed by atoms with E-state index in [1.54, 1.807) is 11.8 Å². The highest BCUT2D eigenvalue weighted by atomic mass is 32.2. The fraction of sp³-hybridized carbons (Fsp3) is 0.188. The minimum Gasteiger partial charge on any atom is -0.481 e. The Labute approximate surface area is 122 Å². The molecule has 0 unspecified atom stereocenters. The average molecular weight is 287 g/mol. The van der Waals surface area contributed by atoms with E-state index in [1.165, 1.54) is 0 Å². The molecule has 3 N–H and O–H groups in total. The molecule has 104 valence electrons. The highest BCUT2D eigenvalue weighted by Gasteiger charge is 2.07. The zero-order chi connectivity index (χ0) is 14.5. The summed E-state index contributed by atoms with van der Waals surface area (Å²) < 4.78 is 0. The lowest BCUT2D eigenvalue weighted by Gasteiger charge is -2.09. The minimum absolute atomic E-state index is 0.0794. The molecule has 0 atom stereocenters. The van der Waals surface area contributed by atoms with Crippen molar-refractivity contribution >= 4 is 23.4 Å². The molecule has 0 aromatic heterocycles. The molecule has 20 heavy (non-hydrogen) atoms. The summed E-state index contributed by atoms with van der Waals surface area (Å²) >= 11 is 1.65. The first kappa shape index (κ1) is 14.5. The van der Waals surface area contributed by atoms with Crippen LogP contribution in [0.3, 0.4) is 0 Å². The number of carboxylic acid groups (broad SMARTS) is 1. The third-order valence-electron chi connectivity index (χ3n) is 3.02. The molecule has 0 saturated carbocycles. The second-order valence-corrected chi connectivity index (χ2v) is 5.67. The van der Waals surface area contributed by atoms with Crippen LogP contribution in [0.1, 0.15) is 18.1 Å². The molecule has 0 aliphatic carbocycles. The predicted molar refractivity (Wildman–Crippen MR) is 82.1 cm³/mol. The average Bonchev–Trinajstić information content (AvgIpc) is 2.42. The molecule has 0 radical (unpaired) electrons. The van der Waals surface area contributed by atoms with Crippen LogP contribution in [0.5, 0.6) is 0 Å². The molecule has 2 aromatic rings. The topological polar surface area (TPSA) is 63.3 Å². The number of rotatable bonds is 5. The molecule has 0 heterocycles. The maximum absolute atomic E-state index is 10.8. The fourth-order valence-electron chi connectivity index (χ4n) is 2.00. The Kier molecular flexibility index (Phi) is 4.69. The van der Waals surface area contributed by atoms with Gasteiger partial charge in [-0.3, -0.25) is 4.79 Å². The summed E-state index contributed by atoms with van der Waals surface area (Å²) in [6.07, 6.45) is 0.911. The first-order valence-electron chi connectivity index (χ1n) is 6.45. The van der Waals surface area contributed by atoms with E-state index >= 15 is 0 Å². The van der Waals surface area contributed by atoms with Gasteiger partial charge in [0, 0.05) is 15.5 Å². The highest BCUT2D eigenvalue weighted by molar-refractivity contribution is 7.99. The number of nitrogen functional groups attached to an aromatic ring is 1. The SMILES string of the molecule is CCc1cc(Sc2ccc(N)cc2)ccc1CC(=O)O. The molecule has 4 heteroatoms. The van der Waals surface area contributed by atoms with Crippen LogP contribution in [-0.2, 0) is 17.6 Å². The summed E-state index contributed by atoms with van der Waals surface area (Å²) in [5, 5.41) is 8.90. The highest BCUT2D eigenvalue weighted by Crippen LogP contribution is 2.30. The van der Waals surface area contributed by atoms with Crippen molar-refractivity contribution in [3.63, 3.8) is 0 Å². The van der Waals surface area contributed by atoms with Gasteiger partial charge in [0.2, 0.25) is 0 Å². The zero-order valence-electron chi connectivity index (χ0n) is 11.3. The van der Waals surface area contributed by atoms with Crippen molar-refractivity contribution in [3.05, 3.63) is 53.6 Å². The van der Waals surface area contributed by atoms with Crippen molar-refractivity contribution in [2.24, 2.45) is 0 Å². The largest absolute Gasteiger partial charge is 0.481 e. The maximum atomic E-state index is 10.8. The lowest BCUT2D eigenvalue weighted by molar-refractivity contribution is -0.136. The van der Waals surface area contributed by atoms with E-state index in [2.05, 4.69) is 6.07 Å². The van der Waals surface area contributed by atoms with E-state index in [9.17, 15) is 4.79 Å². The molecule has 0 spiro atoms. The molecule has 2 rings (SSSR count).